The van der Waals surface area contributed by atoms with Crippen molar-refractivity contribution in [2.24, 2.45) is 5.92 Å². The van der Waals surface area contributed by atoms with Gasteiger partial charge in [-0.1, -0.05) is 44.4 Å². The zero-order chi connectivity index (χ0) is 20.1. The number of benzene rings is 1. The maximum absolute atomic E-state index is 8.90. The Labute approximate surface area is 174 Å². The Balaban J connectivity index is 1.55. The molecule has 1 aromatic heterocycles. The highest BCUT2D eigenvalue weighted by atomic mass is 16.5. The fraction of sp³-hybridized carbons (Fsp3) is 0.542. The third-order valence-corrected chi connectivity index (χ3v) is 6.56. The van der Waals surface area contributed by atoms with Crippen LogP contribution in [0.25, 0.3) is 17.1 Å². The van der Waals surface area contributed by atoms with Crippen LogP contribution in [0.2, 0.25) is 0 Å². The number of fused-ring (bicyclic) bond motifs is 1. The average molecular weight is 395 g/mol. The highest BCUT2D eigenvalue weighted by Crippen LogP contribution is 2.29. The molecule has 0 bridgehead atoms. The van der Waals surface area contributed by atoms with E-state index in [9.17, 15) is 0 Å². The van der Waals surface area contributed by atoms with Gasteiger partial charge in [0.05, 0.1) is 16.7 Å². The van der Waals surface area contributed by atoms with Crippen LogP contribution in [0, 0.1) is 5.92 Å². The van der Waals surface area contributed by atoms with Gasteiger partial charge in [0.25, 0.3) is 0 Å². The van der Waals surface area contributed by atoms with Gasteiger partial charge in [0.1, 0.15) is 5.82 Å². The van der Waals surface area contributed by atoms with Crippen molar-refractivity contribution in [3.8, 4) is 0 Å². The highest BCUT2D eigenvalue weighted by Gasteiger charge is 2.18. The number of nitrogens with one attached hydrogen (secondary N) is 1. The first-order valence-electron chi connectivity index (χ1n) is 11.2. The van der Waals surface area contributed by atoms with E-state index in [0.29, 0.717) is 5.70 Å². The van der Waals surface area contributed by atoms with Gasteiger partial charge in [-0.2, -0.15) is 0 Å². The van der Waals surface area contributed by atoms with E-state index in [2.05, 4.69) is 39.7 Å². The maximum Gasteiger partial charge on any atom is 0.109 e. The second kappa shape index (κ2) is 9.59. The molecule has 4 rings (SSSR count). The van der Waals surface area contributed by atoms with Gasteiger partial charge in [0.2, 0.25) is 0 Å². The summed E-state index contributed by atoms with van der Waals surface area (Å²) in [6.45, 7) is 8.34. The lowest BCUT2D eigenvalue weighted by Crippen LogP contribution is -2.24. The molecule has 1 saturated heterocycles. The van der Waals surface area contributed by atoms with Crippen LogP contribution in [0.3, 0.4) is 0 Å². The fourth-order valence-electron chi connectivity index (χ4n) is 4.85. The van der Waals surface area contributed by atoms with Crippen molar-refractivity contribution >= 4 is 17.1 Å². The Kier molecular flexibility index (Phi) is 6.67. The quantitative estimate of drug-likeness (QED) is 0.476. The first-order chi connectivity index (χ1) is 14.2. The maximum atomic E-state index is 8.90. The van der Waals surface area contributed by atoms with E-state index in [0.717, 1.165) is 36.5 Å². The van der Waals surface area contributed by atoms with Crippen LogP contribution < -0.4 is 5.48 Å². The normalized spacial score (nSPS) is 18.4. The number of nitrogens with zero attached hydrogens (tertiary/aromatic N) is 3. The molecule has 1 aliphatic carbocycles. The van der Waals surface area contributed by atoms with E-state index >= 15 is 0 Å². The number of aryl methyl sites for hydroxylation is 1. The zero-order valence-electron chi connectivity index (χ0n) is 17.4. The summed E-state index contributed by atoms with van der Waals surface area (Å²) in [5.74, 6) is 2.13. The number of aromatic nitrogens is 2. The minimum atomic E-state index is 0.471. The minimum Gasteiger partial charge on any atom is -0.327 e. The predicted molar refractivity (Wildman–Crippen MR) is 119 cm³/mol. The summed E-state index contributed by atoms with van der Waals surface area (Å²) in [4.78, 5) is 7.63. The lowest BCUT2D eigenvalue weighted by Gasteiger charge is -2.17. The number of imidazole rings is 1. The summed E-state index contributed by atoms with van der Waals surface area (Å²) >= 11 is 0. The van der Waals surface area contributed by atoms with Gasteiger partial charge in [-0.3, -0.25) is 10.7 Å². The minimum absolute atomic E-state index is 0.471. The Morgan fingerprint density at radius 3 is 2.72 bits per heavy atom. The number of allylic oxidation sites excluding steroid dienone is 1. The molecule has 156 valence electrons. The van der Waals surface area contributed by atoms with Crippen molar-refractivity contribution < 1.29 is 5.21 Å². The molecule has 5 heteroatoms. The summed E-state index contributed by atoms with van der Waals surface area (Å²) in [7, 11) is 0. The molecule has 0 unspecified atom stereocenters. The number of hydrogen-bond acceptors (Lipinski definition) is 4. The van der Waals surface area contributed by atoms with E-state index in [1.807, 2.05) is 6.08 Å². The Bertz CT molecular complexity index is 857. The molecule has 2 heterocycles. The van der Waals surface area contributed by atoms with Gasteiger partial charge in [-0.15, -0.1) is 0 Å². The first kappa shape index (κ1) is 20.2. The molecule has 0 amide bonds. The third kappa shape index (κ3) is 5.09. The van der Waals surface area contributed by atoms with Gasteiger partial charge in [0.15, 0.2) is 0 Å². The zero-order valence-corrected chi connectivity index (χ0v) is 17.4. The van der Waals surface area contributed by atoms with E-state index < -0.39 is 0 Å². The largest absolute Gasteiger partial charge is 0.327 e. The van der Waals surface area contributed by atoms with Crippen LogP contribution in [0.15, 0.2) is 36.6 Å². The molecule has 2 N–H and O–H groups in total. The molecule has 29 heavy (non-hydrogen) atoms. The van der Waals surface area contributed by atoms with Crippen molar-refractivity contribution in [1.82, 2.24) is 19.9 Å². The molecule has 0 spiro atoms. The number of hydroxylamine groups is 1. The van der Waals surface area contributed by atoms with E-state index in [4.69, 9.17) is 10.2 Å². The molecule has 0 radical (unpaired) electrons. The second-order valence-electron chi connectivity index (χ2n) is 8.64. The SMILES string of the molecule is C=C(/C=C/c1ccc2c(c1)nc(CCC1CCCC1)n2CCN1CCCC1)NO. The topological polar surface area (TPSA) is 53.3 Å². The van der Waals surface area contributed by atoms with Gasteiger partial charge < -0.3 is 9.47 Å². The summed E-state index contributed by atoms with van der Waals surface area (Å²) in [6.07, 6.45) is 14.3. The summed E-state index contributed by atoms with van der Waals surface area (Å²) in [6, 6.07) is 6.46. The molecular formula is C24H34N4O. The summed E-state index contributed by atoms with van der Waals surface area (Å²) < 4.78 is 2.46. The number of rotatable bonds is 9. The average Bonchev–Trinajstić information content (AvgIpc) is 3.49. The van der Waals surface area contributed by atoms with Crippen LogP contribution in [0.4, 0.5) is 0 Å². The smallest absolute Gasteiger partial charge is 0.109 e. The molecule has 1 saturated carbocycles. The second-order valence-corrected chi connectivity index (χ2v) is 8.64. The molecule has 2 fully saturated rings. The van der Waals surface area contributed by atoms with Crippen LogP contribution in [-0.2, 0) is 13.0 Å². The molecular weight excluding hydrogens is 360 g/mol. The van der Waals surface area contributed by atoms with E-state index in [-0.39, 0.29) is 0 Å². The Morgan fingerprint density at radius 1 is 1.17 bits per heavy atom. The molecule has 2 aliphatic rings. The molecule has 1 aromatic carbocycles. The van der Waals surface area contributed by atoms with Gasteiger partial charge in [-0.25, -0.2) is 4.98 Å². The van der Waals surface area contributed by atoms with Crippen LogP contribution >= 0.6 is 0 Å². The van der Waals surface area contributed by atoms with Crippen molar-refractivity contribution in [3.63, 3.8) is 0 Å². The number of likely N-dealkylation sites (tertiary alicyclic amines) is 1. The lowest BCUT2D eigenvalue weighted by molar-refractivity contribution is 0.205. The van der Waals surface area contributed by atoms with Crippen LogP contribution in [0.1, 0.15) is 56.3 Å². The lowest BCUT2D eigenvalue weighted by atomic mass is 10.0. The summed E-state index contributed by atoms with van der Waals surface area (Å²) in [5, 5.41) is 8.90. The van der Waals surface area contributed by atoms with Crippen molar-refractivity contribution in [1.29, 1.82) is 0 Å². The standard InChI is InChI=1S/C24H34N4O/c1-19(26-29)8-9-21-10-12-23-22(18-21)25-24(13-11-20-6-2-3-7-20)28(23)17-16-27-14-4-5-15-27/h8-10,12,18,20,26,29H,1-7,11,13-17H2/b9-8+. The Hall–Kier alpha value is -2.11. The van der Waals surface area contributed by atoms with Gasteiger partial charge in [0, 0.05) is 19.5 Å². The molecule has 0 atom stereocenters. The van der Waals surface area contributed by atoms with Crippen molar-refractivity contribution in [3.05, 3.63) is 47.9 Å². The van der Waals surface area contributed by atoms with Gasteiger partial charge >= 0.3 is 0 Å². The predicted octanol–water partition coefficient (Wildman–Crippen LogP) is 4.76. The van der Waals surface area contributed by atoms with E-state index in [1.54, 1.807) is 6.08 Å². The van der Waals surface area contributed by atoms with E-state index in [1.165, 1.54) is 69.4 Å². The molecule has 1 aliphatic heterocycles. The van der Waals surface area contributed by atoms with Crippen LogP contribution in [-0.4, -0.2) is 39.3 Å². The van der Waals surface area contributed by atoms with Crippen molar-refractivity contribution in [2.45, 2.75) is 57.9 Å². The summed E-state index contributed by atoms with van der Waals surface area (Å²) in [5.41, 5.74) is 5.91. The number of hydrogen-bond donors (Lipinski definition) is 2. The third-order valence-electron chi connectivity index (χ3n) is 6.56. The molecule has 5 nitrogen and oxygen atoms in total. The Morgan fingerprint density at radius 2 is 1.97 bits per heavy atom. The van der Waals surface area contributed by atoms with Crippen molar-refractivity contribution in [2.75, 3.05) is 19.6 Å². The molecule has 2 aromatic rings. The fourth-order valence-corrected chi connectivity index (χ4v) is 4.85. The highest BCUT2D eigenvalue weighted by molar-refractivity contribution is 5.79. The monoisotopic (exact) mass is 394 g/mol. The first-order valence-corrected chi connectivity index (χ1v) is 11.2. The van der Waals surface area contributed by atoms with Gasteiger partial charge in [-0.05, 0) is 62.0 Å². The van der Waals surface area contributed by atoms with Crippen LogP contribution in [0.5, 0.6) is 0 Å².